The molecule has 1 atom stereocenters. The highest BCUT2D eigenvalue weighted by Gasteiger charge is 2.30. The van der Waals surface area contributed by atoms with Gasteiger partial charge >= 0.3 is 0 Å². The van der Waals surface area contributed by atoms with Crippen molar-refractivity contribution in [2.75, 3.05) is 19.6 Å². The smallest absolute Gasteiger partial charge is 0.251 e. The number of nitrogens with one attached hydrogen (secondary N) is 1. The molecule has 1 aliphatic carbocycles. The van der Waals surface area contributed by atoms with Crippen molar-refractivity contribution in [1.29, 1.82) is 0 Å². The Labute approximate surface area is 183 Å². The predicted molar refractivity (Wildman–Crippen MR) is 117 cm³/mol. The van der Waals surface area contributed by atoms with Gasteiger partial charge in [0, 0.05) is 42.3 Å². The minimum atomic E-state index is -0.106. The van der Waals surface area contributed by atoms with E-state index in [9.17, 15) is 9.59 Å². The number of nitrogens with zero attached hydrogens (tertiary/aromatic N) is 5. The largest absolute Gasteiger partial charge is 0.356 e. The van der Waals surface area contributed by atoms with Crippen molar-refractivity contribution in [2.24, 2.45) is 11.8 Å². The molecule has 2 amide bonds. The van der Waals surface area contributed by atoms with Crippen LogP contribution in [0.15, 0.2) is 6.07 Å². The molecule has 166 valence electrons. The van der Waals surface area contributed by atoms with Crippen LogP contribution in [0, 0.1) is 39.5 Å². The van der Waals surface area contributed by atoms with E-state index in [4.69, 9.17) is 0 Å². The van der Waals surface area contributed by atoms with Crippen LogP contribution in [0.1, 0.15) is 54.0 Å². The second-order valence-electron chi connectivity index (χ2n) is 9.06. The first-order valence-electron chi connectivity index (χ1n) is 11.2. The zero-order chi connectivity index (χ0) is 22.1. The lowest BCUT2D eigenvalue weighted by molar-refractivity contribution is -0.135. The maximum atomic E-state index is 13.1. The van der Waals surface area contributed by atoms with Crippen molar-refractivity contribution < 1.29 is 9.59 Å². The second-order valence-corrected chi connectivity index (χ2v) is 9.06. The lowest BCUT2D eigenvalue weighted by atomic mass is 9.96. The minimum absolute atomic E-state index is 0.0479. The fourth-order valence-electron chi connectivity index (χ4n) is 4.32. The summed E-state index contributed by atoms with van der Waals surface area (Å²) in [5, 5.41) is 7.68. The summed E-state index contributed by atoms with van der Waals surface area (Å²) in [4.78, 5) is 36.4. The first-order chi connectivity index (χ1) is 14.8. The molecule has 1 aliphatic heterocycles. The number of carbonyl (C=O) groups excluding carboxylic acids is 2. The van der Waals surface area contributed by atoms with Gasteiger partial charge in [0.2, 0.25) is 11.8 Å². The summed E-state index contributed by atoms with van der Waals surface area (Å²) in [5.74, 6) is 1.23. The van der Waals surface area contributed by atoms with E-state index in [1.165, 1.54) is 12.8 Å². The third-order valence-corrected chi connectivity index (χ3v) is 6.34. The van der Waals surface area contributed by atoms with E-state index in [0.29, 0.717) is 25.0 Å². The highest BCUT2D eigenvalue weighted by Crippen LogP contribution is 2.28. The quantitative estimate of drug-likeness (QED) is 0.767. The maximum Gasteiger partial charge on any atom is 0.251 e. The fourth-order valence-corrected chi connectivity index (χ4v) is 4.32. The monoisotopic (exact) mass is 424 g/mol. The molecule has 0 aromatic carbocycles. The minimum Gasteiger partial charge on any atom is -0.356 e. The van der Waals surface area contributed by atoms with Gasteiger partial charge in [0.05, 0.1) is 18.0 Å². The average molecular weight is 425 g/mol. The first kappa shape index (κ1) is 21.5. The lowest BCUT2D eigenvalue weighted by Gasteiger charge is -2.32. The van der Waals surface area contributed by atoms with Gasteiger partial charge in [0.1, 0.15) is 0 Å². The molecule has 2 fully saturated rings. The number of likely N-dealkylation sites (tertiary alicyclic amines) is 1. The van der Waals surface area contributed by atoms with Crippen LogP contribution >= 0.6 is 0 Å². The molecule has 8 nitrogen and oxygen atoms in total. The number of amides is 2. The topological polar surface area (TPSA) is 93.0 Å². The Hall–Kier alpha value is -2.77. The van der Waals surface area contributed by atoms with E-state index in [1.807, 2.05) is 38.7 Å². The van der Waals surface area contributed by atoms with Gasteiger partial charge in [0.25, 0.3) is 5.95 Å². The number of aryl methyl sites for hydroxylation is 3. The van der Waals surface area contributed by atoms with Crippen molar-refractivity contribution in [3.8, 4) is 5.95 Å². The zero-order valence-electron chi connectivity index (χ0n) is 18.9. The molecular formula is C23H32N6O2. The number of rotatable bonds is 6. The molecule has 8 heteroatoms. The summed E-state index contributed by atoms with van der Waals surface area (Å²) in [6.07, 6.45) is 4.42. The molecular weight excluding hydrogens is 392 g/mol. The Kier molecular flexibility index (Phi) is 6.07. The number of piperidine rings is 1. The molecule has 0 spiro atoms. The molecule has 0 radical (unpaired) electrons. The predicted octanol–water partition coefficient (Wildman–Crippen LogP) is 2.20. The Balaban J connectivity index is 1.44. The van der Waals surface area contributed by atoms with E-state index in [-0.39, 0.29) is 24.2 Å². The Bertz CT molecular complexity index is 974. The van der Waals surface area contributed by atoms with Crippen LogP contribution in [0.4, 0.5) is 0 Å². The SMILES string of the molecule is Cc1cc(C)nc(-n2nc(C)c(CC(=O)N3CCCC(C(=O)NCC4CC4)C3)c2C)n1. The van der Waals surface area contributed by atoms with Crippen molar-refractivity contribution in [3.05, 3.63) is 34.4 Å². The van der Waals surface area contributed by atoms with Crippen LogP contribution in [0.2, 0.25) is 0 Å². The van der Waals surface area contributed by atoms with Crippen LogP contribution in [0.3, 0.4) is 0 Å². The molecule has 4 rings (SSSR count). The Morgan fingerprint density at radius 2 is 1.81 bits per heavy atom. The van der Waals surface area contributed by atoms with Gasteiger partial charge in [-0.2, -0.15) is 5.10 Å². The lowest BCUT2D eigenvalue weighted by Crippen LogP contribution is -2.46. The molecule has 1 N–H and O–H groups in total. The van der Waals surface area contributed by atoms with Crippen LogP contribution in [-0.2, 0) is 16.0 Å². The van der Waals surface area contributed by atoms with Gasteiger partial charge < -0.3 is 10.2 Å². The van der Waals surface area contributed by atoms with Gasteiger partial charge in [-0.25, -0.2) is 14.6 Å². The van der Waals surface area contributed by atoms with Crippen LogP contribution in [0.25, 0.3) is 5.95 Å². The van der Waals surface area contributed by atoms with E-state index >= 15 is 0 Å². The summed E-state index contributed by atoms with van der Waals surface area (Å²) in [5.41, 5.74) is 4.36. The molecule has 1 saturated heterocycles. The molecule has 31 heavy (non-hydrogen) atoms. The van der Waals surface area contributed by atoms with Gasteiger partial charge in [0.15, 0.2) is 0 Å². The number of hydrogen-bond acceptors (Lipinski definition) is 5. The standard InChI is InChI=1S/C23H32N6O2/c1-14-10-15(2)26-23(25-14)29-17(4)20(16(3)27-29)11-21(30)28-9-5-6-19(13-28)22(31)24-12-18-7-8-18/h10,18-19H,5-9,11-13H2,1-4H3,(H,24,31). The van der Waals surface area contributed by atoms with Gasteiger partial charge in [-0.05, 0) is 65.4 Å². The number of hydrogen-bond donors (Lipinski definition) is 1. The number of aromatic nitrogens is 4. The highest BCUT2D eigenvalue weighted by atomic mass is 16.2. The van der Waals surface area contributed by atoms with E-state index in [1.54, 1.807) is 4.68 Å². The number of carbonyl (C=O) groups is 2. The normalized spacial score (nSPS) is 18.8. The van der Waals surface area contributed by atoms with Crippen LogP contribution in [-0.4, -0.2) is 56.1 Å². The first-order valence-corrected chi connectivity index (χ1v) is 11.2. The van der Waals surface area contributed by atoms with E-state index in [2.05, 4.69) is 20.4 Å². The van der Waals surface area contributed by atoms with Gasteiger partial charge in [-0.1, -0.05) is 0 Å². The van der Waals surface area contributed by atoms with Crippen molar-refractivity contribution >= 4 is 11.8 Å². The van der Waals surface area contributed by atoms with E-state index < -0.39 is 0 Å². The third-order valence-electron chi connectivity index (χ3n) is 6.34. The average Bonchev–Trinajstić information content (AvgIpc) is 3.52. The molecule has 1 unspecified atom stereocenters. The molecule has 2 aromatic rings. The summed E-state index contributed by atoms with van der Waals surface area (Å²) < 4.78 is 1.72. The fraction of sp³-hybridized carbons (Fsp3) is 0.609. The van der Waals surface area contributed by atoms with Gasteiger partial charge in [-0.15, -0.1) is 0 Å². The molecule has 1 saturated carbocycles. The molecule has 2 aliphatic rings. The zero-order valence-corrected chi connectivity index (χ0v) is 18.9. The summed E-state index contributed by atoms with van der Waals surface area (Å²) >= 11 is 0. The van der Waals surface area contributed by atoms with Crippen LogP contribution in [0.5, 0.6) is 0 Å². The van der Waals surface area contributed by atoms with Gasteiger partial charge in [-0.3, -0.25) is 9.59 Å². The summed E-state index contributed by atoms with van der Waals surface area (Å²) in [7, 11) is 0. The second kappa shape index (κ2) is 8.77. The molecule has 0 bridgehead atoms. The van der Waals surface area contributed by atoms with Crippen LogP contribution < -0.4 is 5.32 Å². The van der Waals surface area contributed by atoms with E-state index in [0.717, 1.165) is 47.7 Å². The summed E-state index contributed by atoms with van der Waals surface area (Å²) in [6, 6.07) is 1.92. The highest BCUT2D eigenvalue weighted by molar-refractivity contribution is 5.82. The summed E-state index contributed by atoms with van der Waals surface area (Å²) in [6.45, 7) is 9.72. The molecule has 2 aromatic heterocycles. The Morgan fingerprint density at radius 1 is 1.10 bits per heavy atom. The Morgan fingerprint density at radius 3 is 2.48 bits per heavy atom. The maximum absolute atomic E-state index is 13.1. The van der Waals surface area contributed by atoms with Crippen molar-refractivity contribution in [3.63, 3.8) is 0 Å². The third kappa shape index (κ3) is 4.94. The van der Waals surface area contributed by atoms with Crippen molar-refractivity contribution in [2.45, 2.75) is 59.8 Å². The van der Waals surface area contributed by atoms with Crippen molar-refractivity contribution in [1.82, 2.24) is 30.0 Å². The molecule has 3 heterocycles.